The third kappa shape index (κ3) is 11.3. The van der Waals surface area contributed by atoms with Gasteiger partial charge >= 0.3 is 0 Å². The molecule has 2 unspecified atom stereocenters. The lowest BCUT2D eigenvalue weighted by Crippen LogP contribution is -2.30. The number of thioether (sulfide) groups is 1. The molecule has 37 heavy (non-hydrogen) atoms. The van der Waals surface area contributed by atoms with E-state index in [1.54, 1.807) is 13.0 Å². The van der Waals surface area contributed by atoms with Gasteiger partial charge in [-0.05, 0) is 80.2 Å². The van der Waals surface area contributed by atoms with Gasteiger partial charge in [-0.2, -0.15) is 0 Å². The van der Waals surface area contributed by atoms with Crippen LogP contribution in [0.2, 0.25) is 0 Å². The maximum absolute atomic E-state index is 14.4. The van der Waals surface area contributed by atoms with Crippen LogP contribution < -0.4 is 9.47 Å². The van der Waals surface area contributed by atoms with Crippen LogP contribution in [0, 0.1) is 5.82 Å². The SMILES string of the molecule is CC.CN(C)CCCCN(C)C1CCCC1.COc1cc(F)c(C2=NC(C)CC(C(C)=O)S2)c(OC)c1. The zero-order valence-electron chi connectivity index (χ0n) is 24.6. The van der Waals surface area contributed by atoms with E-state index in [0.29, 0.717) is 28.5 Å². The van der Waals surface area contributed by atoms with Crippen LogP contribution in [-0.2, 0) is 4.79 Å². The van der Waals surface area contributed by atoms with E-state index in [1.807, 2.05) is 20.8 Å². The standard InChI is InChI=1S/C15H18FNO3S.C12H26N2.C2H6/c1-8-5-13(9(2)18)21-15(17-8)14-11(16)6-10(19-3)7-12(14)20-4;1-13(2)10-6-7-11-14(3)12-8-4-5-9-12;1-2/h6-8,13H,5H2,1-4H3;12H,4-11H2,1-3H3;1-2H3. The molecule has 3 rings (SSSR count). The molecule has 0 amide bonds. The van der Waals surface area contributed by atoms with E-state index in [9.17, 15) is 9.18 Å². The van der Waals surface area contributed by atoms with Crippen molar-refractivity contribution in [1.29, 1.82) is 0 Å². The van der Waals surface area contributed by atoms with Crippen LogP contribution >= 0.6 is 11.8 Å². The minimum Gasteiger partial charge on any atom is -0.497 e. The number of unbranched alkanes of at least 4 members (excludes halogenated alkanes) is 1. The van der Waals surface area contributed by atoms with Gasteiger partial charge in [0.15, 0.2) is 0 Å². The molecule has 6 nitrogen and oxygen atoms in total. The second kappa shape index (κ2) is 17.8. The molecule has 1 aliphatic heterocycles. The molecule has 2 atom stereocenters. The van der Waals surface area contributed by atoms with Gasteiger partial charge in [-0.15, -0.1) is 0 Å². The van der Waals surface area contributed by atoms with Gasteiger partial charge in [-0.25, -0.2) is 4.39 Å². The minimum atomic E-state index is -0.464. The number of nitrogens with zero attached hydrogens (tertiary/aromatic N) is 3. The van der Waals surface area contributed by atoms with Crippen molar-refractivity contribution in [3.05, 3.63) is 23.5 Å². The van der Waals surface area contributed by atoms with Crippen molar-refractivity contribution in [3.63, 3.8) is 0 Å². The summed E-state index contributed by atoms with van der Waals surface area (Å²) in [6.45, 7) is 10.00. The molecule has 2 aliphatic rings. The summed E-state index contributed by atoms with van der Waals surface area (Å²) in [5, 5.41) is 0.310. The molecule has 0 radical (unpaired) electrons. The second-order valence-corrected chi connectivity index (χ2v) is 11.0. The van der Waals surface area contributed by atoms with E-state index < -0.39 is 5.82 Å². The fraction of sp³-hybridized carbons (Fsp3) is 0.724. The number of halogens is 1. The lowest BCUT2D eigenvalue weighted by molar-refractivity contribution is -0.116. The van der Waals surface area contributed by atoms with Crippen LogP contribution in [0.3, 0.4) is 0 Å². The van der Waals surface area contributed by atoms with Crippen LogP contribution in [0.4, 0.5) is 4.39 Å². The van der Waals surface area contributed by atoms with Gasteiger partial charge in [0.2, 0.25) is 0 Å². The number of benzene rings is 1. The maximum atomic E-state index is 14.4. The zero-order valence-corrected chi connectivity index (χ0v) is 25.4. The first-order valence-corrected chi connectivity index (χ1v) is 14.6. The quantitative estimate of drug-likeness (QED) is 0.325. The summed E-state index contributed by atoms with van der Waals surface area (Å²) in [5.74, 6) is 0.348. The molecule has 1 fully saturated rings. The van der Waals surface area contributed by atoms with E-state index >= 15 is 0 Å². The van der Waals surface area contributed by atoms with Gasteiger partial charge in [-0.1, -0.05) is 38.5 Å². The number of carbonyl (C=O) groups is 1. The number of methoxy groups -OCH3 is 2. The van der Waals surface area contributed by atoms with Crippen molar-refractivity contribution >= 4 is 22.6 Å². The Kier molecular flexibility index (Phi) is 16.1. The lowest BCUT2D eigenvalue weighted by atomic mass is 10.1. The molecule has 1 aromatic rings. The van der Waals surface area contributed by atoms with Gasteiger partial charge in [0, 0.05) is 24.2 Å². The number of hydrogen-bond acceptors (Lipinski definition) is 7. The lowest BCUT2D eigenvalue weighted by Gasteiger charge is -2.24. The minimum absolute atomic E-state index is 0.0265. The predicted molar refractivity (Wildman–Crippen MR) is 156 cm³/mol. The molecule has 0 N–H and O–H groups in total. The Hall–Kier alpha value is -1.64. The average Bonchev–Trinajstić information content (AvgIpc) is 3.42. The number of rotatable bonds is 10. The van der Waals surface area contributed by atoms with E-state index in [4.69, 9.17) is 9.47 Å². The smallest absolute Gasteiger partial charge is 0.143 e. The Labute approximate surface area is 229 Å². The highest BCUT2D eigenvalue weighted by Crippen LogP contribution is 2.36. The summed E-state index contributed by atoms with van der Waals surface area (Å²) in [7, 11) is 9.54. The molecule has 212 valence electrons. The van der Waals surface area contributed by atoms with E-state index in [1.165, 1.54) is 83.7 Å². The topological polar surface area (TPSA) is 54.4 Å². The van der Waals surface area contributed by atoms with E-state index in [0.717, 1.165) is 6.04 Å². The highest BCUT2D eigenvalue weighted by atomic mass is 32.2. The number of aliphatic imine (C=N–C) groups is 1. The molecule has 8 heteroatoms. The van der Waals surface area contributed by atoms with Crippen molar-refractivity contribution in [2.75, 3.05) is 48.5 Å². The molecule has 1 aliphatic carbocycles. The first-order valence-electron chi connectivity index (χ1n) is 13.7. The van der Waals surface area contributed by atoms with Gasteiger partial charge in [-0.3, -0.25) is 9.79 Å². The van der Waals surface area contributed by atoms with E-state index in [2.05, 4.69) is 35.9 Å². The summed E-state index contributed by atoms with van der Waals surface area (Å²) in [5.41, 5.74) is 0.293. The highest BCUT2D eigenvalue weighted by molar-refractivity contribution is 8.15. The van der Waals surface area contributed by atoms with Crippen LogP contribution in [0.5, 0.6) is 11.5 Å². The zero-order chi connectivity index (χ0) is 28.0. The molecule has 0 saturated heterocycles. The molecule has 0 aromatic heterocycles. The van der Waals surface area contributed by atoms with Crippen LogP contribution in [-0.4, -0.2) is 86.4 Å². The molecule has 1 saturated carbocycles. The number of carbonyl (C=O) groups excluding carboxylic acids is 1. The normalized spacial score (nSPS) is 19.5. The molecule has 1 heterocycles. The summed E-state index contributed by atoms with van der Waals surface area (Å²) in [6.07, 6.45) is 9.13. The number of Topliss-reactive ketones (excluding diaryl/α,β-unsaturated/α-hetero) is 1. The molecular weight excluding hydrogens is 489 g/mol. The van der Waals surface area contributed by atoms with Crippen molar-refractivity contribution < 1.29 is 18.7 Å². The summed E-state index contributed by atoms with van der Waals surface area (Å²) in [4.78, 5) is 21.0. The van der Waals surface area contributed by atoms with Crippen molar-refractivity contribution in [3.8, 4) is 11.5 Å². The Morgan fingerprint density at radius 2 is 1.70 bits per heavy atom. The summed E-state index contributed by atoms with van der Waals surface area (Å²) >= 11 is 1.29. The second-order valence-electron chi connectivity index (χ2n) is 9.85. The molecular formula is C29H50FN3O3S. The van der Waals surface area contributed by atoms with Gasteiger partial charge in [0.05, 0.1) is 25.0 Å². The van der Waals surface area contributed by atoms with Crippen molar-refractivity contribution in [1.82, 2.24) is 9.80 Å². The largest absolute Gasteiger partial charge is 0.497 e. The third-order valence-corrected chi connectivity index (χ3v) is 7.95. The summed E-state index contributed by atoms with van der Waals surface area (Å²) in [6, 6.07) is 3.78. The van der Waals surface area contributed by atoms with E-state index in [-0.39, 0.29) is 17.1 Å². The maximum Gasteiger partial charge on any atom is 0.143 e. The van der Waals surface area contributed by atoms with Gasteiger partial charge in [0.25, 0.3) is 0 Å². The van der Waals surface area contributed by atoms with Gasteiger partial charge < -0.3 is 19.3 Å². The predicted octanol–water partition coefficient (Wildman–Crippen LogP) is 6.30. The number of ketones is 1. The first kappa shape index (κ1) is 33.4. The Morgan fingerprint density at radius 3 is 2.24 bits per heavy atom. The first-order chi connectivity index (χ1) is 17.7. The number of ether oxygens (including phenoxy) is 2. The Bertz CT molecular complexity index is 844. The summed E-state index contributed by atoms with van der Waals surface area (Å²) < 4.78 is 24.7. The van der Waals surface area contributed by atoms with Gasteiger partial charge in [0.1, 0.15) is 28.1 Å². The molecule has 0 bridgehead atoms. The molecule has 0 spiro atoms. The Morgan fingerprint density at radius 1 is 1.08 bits per heavy atom. The fourth-order valence-corrected chi connectivity index (χ4v) is 5.88. The monoisotopic (exact) mass is 539 g/mol. The van der Waals surface area contributed by atoms with Crippen LogP contribution in [0.25, 0.3) is 0 Å². The van der Waals surface area contributed by atoms with Crippen molar-refractivity contribution in [2.45, 2.75) is 90.0 Å². The Balaban J connectivity index is 0.000000372. The third-order valence-electron chi connectivity index (χ3n) is 6.61. The average molecular weight is 540 g/mol. The van der Waals surface area contributed by atoms with Crippen LogP contribution in [0.15, 0.2) is 17.1 Å². The highest BCUT2D eigenvalue weighted by Gasteiger charge is 2.29. The number of hydrogen-bond donors (Lipinski definition) is 0. The van der Waals surface area contributed by atoms with Crippen LogP contribution in [0.1, 0.15) is 78.2 Å². The molecule has 1 aromatic carbocycles. The fourth-order valence-electron chi connectivity index (χ4n) is 4.51. The van der Waals surface area contributed by atoms with Crippen molar-refractivity contribution in [2.24, 2.45) is 4.99 Å².